The van der Waals surface area contributed by atoms with Crippen molar-refractivity contribution in [3.63, 3.8) is 0 Å². The summed E-state index contributed by atoms with van der Waals surface area (Å²) in [5.74, 6) is 6.34. The number of aromatic nitrogens is 3. The van der Waals surface area contributed by atoms with Crippen LogP contribution in [-0.4, -0.2) is 58.2 Å². The molecule has 0 atom stereocenters. The molecule has 0 saturated carbocycles. The Morgan fingerprint density at radius 3 is 2.52 bits per heavy atom. The zero-order valence-corrected chi connectivity index (χ0v) is 13.4. The molecule has 8 nitrogen and oxygen atoms in total. The third kappa shape index (κ3) is 3.70. The van der Waals surface area contributed by atoms with E-state index in [0.717, 1.165) is 19.6 Å². The molecule has 3 N–H and O–H groups in total. The van der Waals surface area contributed by atoms with Crippen LogP contribution < -0.4 is 20.9 Å². The Bertz CT molecular complexity index is 491. The number of hydrazine groups is 1. The summed E-state index contributed by atoms with van der Waals surface area (Å²) >= 11 is 0. The number of hydrogen-bond acceptors (Lipinski definition) is 8. The molecular weight excluding hydrogens is 270 g/mol. The lowest BCUT2D eigenvalue weighted by Crippen LogP contribution is -2.58. The highest BCUT2D eigenvalue weighted by atomic mass is 16.5. The minimum Gasteiger partial charge on any atom is -0.461 e. The number of likely N-dealkylation sites (N-methyl/N-ethyl adjacent to an activating group) is 1. The summed E-state index contributed by atoms with van der Waals surface area (Å²) in [6.07, 6.45) is -0.00481. The SMILES string of the molecule is CC(C)Oc1nc(NN)nc(N2CCN(C)C(C)(C)C2)n1. The molecule has 1 aliphatic heterocycles. The summed E-state index contributed by atoms with van der Waals surface area (Å²) in [5.41, 5.74) is 2.53. The standard InChI is InChI=1S/C13H25N7O/c1-9(2)21-12-16-10(18-14)15-11(17-12)20-7-6-19(5)13(3,4)8-20/h9H,6-8,14H2,1-5H3,(H,15,16,17,18). The van der Waals surface area contributed by atoms with E-state index in [1.807, 2.05) is 13.8 Å². The molecule has 2 heterocycles. The van der Waals surface area contributed by atoms with Crippen LogP contribution in [0.1, 0.15) is 27.7 Å². The van der Waals surface area contributed by atoms with Crippen LogP contribution in [0, 0.1) is 0 Å². The van der Waals surface area contributed by atoms with Gasteiger partial charge in [-0.2, -0.15) is 15.0 Å². The minimum absolute atomic E-state index is 0.00481. The Morgan fingerprint density at radius 1 is 1.24 bits per heavy atom. The fraction of sp³-hybridized carbons (Fsp3) is 0.769. The maximum Gasteiger partial charge on any atom is 0.323 e. The van der Waals surface area contributed by atoms with Crippen molar-refractivity contribution in [2.75, 3.05) is 37.0 Å². The monoisotopic (exact) mass is 295 g/mol. The van der Waals surface area contributed by atoms with Crippen molar-refractivity contribution < 1.29 is 4.74 Å². The minimum atomic E-state index is -0.00481. The van der Waals surface area contributed by atoms with E-state index in [0.29, 0.717) is 17.9 Å². The van der Waals surface area contributed by atoms with E-state index >= 15 is 0 Å². The molecule has 2 rings (SSSR count). The molecule has 0 unspecified atom stereocenters. The Kier molecular flexibility index (Phi) is 4.48. The van der Waals surface area contributed by atoms with Gasteiger partial charge in [-0.25, -0.2) is 5.84 Å². The average molecular weight is 295 g/mol. The second kappa shape index (κ2) is 5.98. The summed E-state index contributed by atoms with van der Waals surface area (Å²) in [6.45, 7) is 10.9. The summed E-state index contributed by atoms with van der Waals surface area (Å²) < 4.78 is 5.57. The Hall–Kier alpha value is -1.67. The van der Waals surface area contributed by atoms with Crippen molar-refractivity contribution in [3.8, 4) is 6.01 Å². The smallest absolute Gasteiger partial charge is 0.323 e. The van der Waals surface area contributed by atoms with E-state index in [1.165, 1.54) is 0 Å². The molecule has 1 aromatic rings. The lowest BCUT2D eigenvalue weighted by atomic mass is 10.0. The first kappa shape index (κ1) is 15.7. The largest absolute Gasteiger partial charge is 0.461 e. The van der Waals surface area contributed by atoms with Gasteiger partial charge in [0, 0.05) is 25.2 Å². The second-order valence-corrected chi connectivity index (χ2v) is 6.21. The highest BCUT2D eigenvalue weighted by molar-refractivity contribution is 5.39. The Balaban J connectivity index is 2.26. The third-order valence-electron chi connectivity index (χ3n) is 3.67. The van der Waals surface area contributed by atoms with Gasteiger partial charge in [-0.3, -0.25) is 10.3 Å². The predicted octanol–water partition coefficient (Wildman–Crippen LogP) is 0.475. The predicted molar refractivity (Wildman–Crippen MR) is 82.3 cm³/mol. The highest BCUT2D eigenvalue weighted by Crippen LogP contribution is 2.23. The fourth-order valence-electron chi connectivity index (χ4n) is 2.23. The van der Waals surface area contributed by atoms with Gasteiger partial charge in [0.05, 0.1) is 6.10 Å². The van der Waals surface area contributed by atoms with Gasteiger partial charge < -0.3 is 9.64 Å². The first-order chi connectivity index (χ1) is 9.81. The molecule has 0 aromatic carbocycles. The van der Waals surface area contributed by atoms with Crippen molar-refractivity contribution in [3.05, 3.63) is 0 Å². The summed E-state index contributed by atoms with van der Waals surface area (Å²) in [4.78, 5) is 17.3. The zero-order valence-electron chi connectivity index (χ0n) is 13.4. The van der Waals surface area contributed by atoms with Crippen LogP contribution in [-0.2, 0) is 0 Å². The zero-order chi connectivity index (χ0) is 15.6. The van der Waals surface area contributed by atoms with Crippen LogP contribution in [0.4, 0.5) is 11.9 Å². The van der Waals surface area contributed by atoms with Crippen LogP contribution in [0.3, 0.4) is 0 Å². The molecule has 0 bridgehead atoms. The molecule has 0 radical (unpaired) electrons. The normalized spacial score (nSPS) is 18.9. The topological polar surface area (TPSA) is 92.4 Å². The van der Waals surface area contributed by atoms with Gasteiger partial charge in [-0.15, -0.1) is 0 Å². The van der Waals surface area contributed by atoms with Crippen LogP contribution >= 0.6 is 0 Å². The number of anilines is 2. The number of nitrogens with zero attached hydrogens (tertiary/aromatic N) is 5. The lowest BCUT2D eigenvalue weighted by molar-refractivity contribution is 0.137. The van der Waals surface area contributed by atoms with E-state index in [2.05, 4.69) is 51.1 Å². The molecule has 1 fully saturated rings. The van der Waals surface area contributed by atoms with E-state index in [4.69, 9.17) is 10.6 Å². The van der Waals surface area contributed by atoms with Crippen molar-refractivity contribution in [1.82, 2.24) is 19.9 Å². The number of rotatable bonds is 4. The molecule has 21 heavy (non-hydrogen) atoms. The van der Waals surface area contributed by atoms with Gasteiger partial charge in [0.25, 0.3) is 0 Å². The first-order valence-electron chi connectivity index (χ1n) is 7.17. The van der Waals surface area contributed by atoms with Crippen molar-refractivity contribution in [1.29, 1.82) is 0 Å². The first-order valence-corrected chi connectivity index (χ1v) is 7.17. The second-order valence-electron chi connectivity index (χ2n) is 6.21. The summed E-state index contributed by atoms with van der Waals surface area (Å²) in [5, 5.41) is 0. The van der Waals surface area contributed by atoms with E-state index in [9.17, 15) is 0 Å². The van der Waals surface area contributed by atoms with Crippen molar-refractivity contribution >= 4 is 11.9 Å². The van der Waals surface area contributed by atoms with Gasteiger partial charge in [0.1, 0.15) is 0 Å². The van der Waals surface area contributed by atoms with Gasteiger partial charge in [-0.1, -0.05) is 0 Å². The number of piperazine rings is 1. The number of nitrogens with two attached hydrogens (primary N) is 1. The summed E-state index contributed by atoms with van der Waals surface area (Å²) in [7, 11) is 2.13. The average Bonchev–Trinajstić information content (AvgIpc) is 2.40. The number of nitrogens with one attached hydrogen (secondary N) is 1. The molecular formula is C13H25N7O. The number of ether oxygens (including phenoxy) is 1. The van der Waals surface area contributed by atoms with E-state index in [-0.39, 0.29) is 11.6 Å². The van der Waals surface area contributed by atoms with Crippen LogP contribution in [0.2, 0.25) is 0 Å². The van der Waals surface area contributed by atoms with Gasteiger partial charge in [0.2, 0.25) is 11.9 Å². The highest BCUT2D eigenvalue weighted by Gasteiger charge is 2.32. The number of nitrogen functional groups attached to an aromatic ring is 1. The lowest BCUT2D eigenvalue weighted by Gasteiger charge is -2.45. The molecule has 0 amide bonds. The Labute approximate surface area is 125 Å². The maximum absolute atomic E-state index is 5.57. The molecule has 0 aliphatic carbocycles. The quantitative estimate of drug-likeness (QED) is 0.612. The molecule has 8 heteroatoms. The molecule has 0 spiro atoms. The van der Waals surface area contributed by atoms with Crippen molar-refractivity contribution in [2.45, 2.75) is 39.3 Å². The molecule has 1 saturated heterocycles. The molecule has 118 valence electrons. The Morgan fingerprint density at radius 2 is 1.95 bits per heavy atom. The van der Waals surface area contributed by atoms with Gasteiger partial charge in [-0.05, 0) is 34.7 Å². The van der Waals surface area contributed by atoms with Crippen molar-refractivity contribution in [2.24, 2.45) is 5.84 Å². The fourth-order valence-corrected chi connectivity index (χ4v) is 2.23. The maximum atomic E-state index is 5.57. The van der Waals surface area contributed by atoms with Gasteiger partial charge >= 0.3 is 6.01 Å². The van der Waals surface area contributed by atoms with E-state index < -0.39 is 0 Å². The van der Waals surface area contributed by atoms with E-state index in [1.54, 1.807) is 0 Å². The van der Waals surface area contributed by atoms with Crippen LogP contribution in [0.25, 0.3) is 0 Å². The van der Waals surface area contributed by atoms with Crippen LogP contribution in [0.5, 0.6) is 6.01 Å². The number of hydrogen-bond donors (Lipinski definition) is 2. The summed E-state index contributed by atoms with van der Waals surface area (Å²) in [6, 6.07) is 0.291. The van der Waals surface area contributed by atoms with Gasteiger partial charge in [0.15, 0.2) is 0 Å². The third-order valence-corrected chi connectivity index (χ3v) is 3.67. The molecule has 1 aliphatic rings. The molecule has 1 aromatic heterocycles. The van der Waals surface area contributed by atoms with Crippen LogP contribution in [0.15, 0.2) is 0 Å².